The third-order valence-corrected chi connectivity index (χ3v) is 4.69. The summed E-state index contributed by atoms with van der Waals surface area (Å²) in [6.45, 7) is 1.22. The van der Waals surface area contributed by atoms with Crippen molar-refractivity contribution in [1.82, 2.24) is 0 Å². The summed E-state index contributed by atoms with van der Waals surface area (Å²) in [6, 6.07) is 4.57. The third-order valence-electron chi connectivity index (χ3n) is 4.10. The van der Waals surface area contributed by atoms with Gasteiger partial charge in [0.2, 0.25) is 6.04 Å². The minimum absolute atomic E-state index is 0.213. The number of nitrogens with one attached hydrogen (secondary N) is 1. The van der Waals surface area contributed by atoms with Crippen LogP contribution in [0, 0.1) is 0 Å². The summed E-state index contributed by atoms with van der Waals surface area (Å²) in [5, 5.41) is 11.0. The SMILES string of the molecule is COc1cc(OC)c(NC(=O)C(N=Nc2ccc(Cl)c(OC)c2OC)C(C)=O)cc1Cl. The smallest absolute Gasteiger partial charge is 0.258 e. The number of amides is 1. The molecule has 0 aromatic heterocycles. The van der Waals surface area contributed by atoms with Gasteiger partial charge in [0.1, 0.15) is 17.2 Å². The highest BCUT2D eigenvalue weighted by molar-refractivity contribution is 6.33. The Morgan fingerprint density at radius 2 is 1.55 bits per heavy atom. The topological polar surface area (TPSA) is 108 Å². The van der Waals surface area contributed by atoms with Crippen molar-refractivity contribution in [3.05, 3.63) is 34.3 Å². The molecule has 11 heteroatoms. The lowest BCUT2D eigenvalue weighted by atomic mass is 10.2. The van der Waals surface area contributed by atoms with E-state index in [4.69, 9.17) is 42.1 Å². The lowest BCUT2D eigenvalue weighted by Crippen LogP contribution is -2.32. The maximum atomic E-state index is 12.7. The van der Waals surface area contributed by atoms with Gasteiger partial charge in [-0.2, -0.15) is 10.2 Å². The first kappa shape index (κ1) is 24.2. The number of Topliss-reactive ketones (excluding diaryl/α,β-unsaturated/α-hetero) is 1. The second-order valence-corrected chi connectivity index (χ2v) is 6.85. The van der Waals surface area contributed by atoms with Crippen LogP contribution in [0.1, 0.15) is 6.92 Å². The van der Waals surface area contributed by atoms with Crippen molar-refractivity contribution < 1.29 is 28.5 Å². The van der Waals surface area contributed by atoms with E-state index in [0.717, 1.165) is 0 Å². The summed E-state index contributed by atoms with van der Waals surface area (Å²) in [7, 11) is 5.69. The molecular weight excluding hydrogens is 449 g/mol. The van der Waals surface area contributed by atoms with Crippen LogP contribution in [0.3, 0.4) is 0 Å². The van der Waals surface area contributed by atoms with Crippen LogP contribution in [0.5, 0.6) is 23.0 Å². The minimum Gasteiger partial charge on any atom is -0.495 e. The van der Waals surface area contributed by atoms with Crippen molar-refractivity contribution in [1.29, 1.82) is 0 Å². The van der Waals surface area contributed by atoms with E-state index in [0.29, 0.717) is 10.8 Å². The first-order valence-electron chi connectivity index (χ1n) is 8.81. The molecule has 0 aliphatic carbocycles. The summed E-state index contributed by atoms with van der Waals surface area (Å²) in [6.07, 6.45) is 0. The molecule has 0 spiro atoms. The normalized spacial score (nSPS) is 11.7. The van der Waals surface area contributed by atoms with Crippen LogP contribution in [-0.4, -0.2) is 46.2 Å². The molecule has 0 aliphatic rings. The number of methoxy groups -OCH3 is 4. The Balaban J connectivity index is 2.35. The first-order chi connectivity index (χ1) is 14.8. The number of carbonyl (C=O) groups excluding carboxylic acids is 2. The fraction of sp³-hybridized carbons (Fsp3) is 0.300. The summed E-state index contributed by atoms with van der Waals surface area (Å²) < 4.78 is 20.8. The molecule has 0 fully saturated rings. The van der Waals surface area contributed by atoms with Crippen LogP contribution in [0.2, 0.25) is 10.0 Å². The molecule has 0 bridgehead atoms. The van der Waals surface area contributed by atoms with Crippen molar-refractivity contribution in [2.75, 3.05) is 33.8 Å². The van der Waals surface area contributed by atoms with E-state index >= 15 is 0 Å². The Morgan fingerprint density at radius 3 is 2.10 bits per heavy atom. The van der Waals surface area contributed by atoms with E-state index < -0.39 is 17.7 Å². The van der Waals surface area contributed by atoms with Crippen LogP contribution in [0.4, 0.5) is 11.4 Å². The molecule has 1 unspecified atom stereocenters. The van der Waals surface area contributed by atoms with Crippen LogP contribution in [0.25, 0.3) is 0 Å². The Bertz CT molecular complexity index is 1010. The number of azo groups is 1. The summed E-state index contributed by atoms with van der Waals surface area (Å²) in [4.78, 5) is 24.8. The van der Waals surface area contributed by atoms with Crippen LogP contribution < -0.4 is 24.3 Å². The summed E-state index contributed by atoms with van der Waals surface area (Å²) in [5.41, 5.74) is 0.471. The molecule has 0 radical (unpaired) electrons. The Labute approximate surface area is 189 Å². The minimum atomic E-state index is -1.43. The highest BCUT2D eigenvalue weighted by atomic mass is 35.5. The largest absolute Gasteiger partial charge is 0.495 e. The van der Waals surface area contributed by atoms with Gasteiger partial charge >= 0.3 is 0 Å². The van der Waals surface area contributed by atoms with Crippen molar-refractivity contribution >= 4 is 46.3 Å². The molecule has 9 nitrogen and oxygen atoms in total. The molecule has 0 heterocycles. The molecule has 1 amide bonds. The molecule has 2 aromatic carbocycles. The molecule has 166 valence electrons. The molecule has 0 saturated carbocycles. The van der Waals surface area contributed by atoms with E-state index in [1.165, 1.54) is 59.6 Å². The number of rotatable bonds is 9. The van der Waals surface area contributed by atoms with Crippen LogP contribution in [-0.2, 0) is 9.59 Å². The van der Waals surface area contributed by atoms with Gasteiger partial charge < -0.3 is 24.3 Å². The number of benzene rings is 2. The maximum Gasteiger partial charge on any atom is 0.258 e. The Hall–Kier alpha value is -3.04. The standard InChI is InChI=1S/C20H21Cl2N3O6/c1-10(26)17(25-24-13-7-6-11(21)18(30-4)19(13)31-5)20(27)23-14-8-12(22)15(28-2)9-16(14)29-3/h6-9,17H,1-5H3,(H,23,27). The molecule has 1 N–H and O–H groups in total. The molecule has 0 saturated heterocycles. The van der Waals surface area contributed by atoms with Crippen molar-refractivity contribution in [3.63, 3.8) is 0 Å². The van der Waals surface area contributed by atoms with E-state index in [1.807, 2.05) is 0 Å². The third kappa shape index (κ3) is 5.56. The number of carbonyl (C=O) groups is 2. The summed E-state index contributed by atoms with van der Waals surface area (Å²) >= 11 is 12.2. The van der Waals surface area contributed by atoms with Crippen LogP contribution in [0.15, 0.2) is 34.5 Å². The number of hydrogen-bond donors (Lipinski definition) is 1. The second kappa shape index (κ2) is 10.8. The molecule has 31 heavy (non-hydrogen) atoms. The lowest BCUT2D eigenvalue weighted by molar-refractivity contribution is -0.126. The second-order valence-electron chi connectivity index (χ2n) is 6.04. The van der Waals surface area contributed by atoms with Gasteiger partial charge in [0, 0.05) is 6.07 Å². The predicted octanol–water partition coefficient (Wildman–Crippen LogP) is 4.71. The van der Waals surface area contributed by atoms with Gasteiger partial charge in [0.05, 0.1) is 44.2 Å². The summed E-state index contributed by atoms with van der Waals surface area (Å²) in [5.74, 6) is -0.136. The first-order valence-corrected chi connectivity index (χ1v) is 9.57. The van der Waals surface area contributed by atoms with Gasteiger partial charge in [-0.15, -0.1) is 0 Å². The zero-order chi connectivity index (χ0) is 23.1. The average Bonchev–Trinajstić information content (AvgIpc) is 2.74. The predicted molar refractivity (Wildman–Crippen MR) is 117 cm³/mol. The monoisotopic (exact) mass is 469 g/mol. The van der Waals surface area contributed by atoms with Crippen molar-refractivity contribution in [3.8, 4) is 23.0 Å². The van der Waals surface area contributed by atoms with E-state index in [2.05, 4.69) is 15.5 Å². The number of anilines is 1. The zero-order valence-electron chi connectivity index (χ0n) is 17.5. The zero-order valence-corrected chi connectivity index (χ0v) is 19.0. The van der Waals surface area contributed by atoms with Gasteiger partial charge in [-0.25, -0.2) is 0 Å². The number of ketones is 1. The van der Waals surface area contributed by atoms with Crippen molar-refractivity contribution in [2.45, 2.75) is 13.0 Å². The van der Waals surface area contributed by atoms with E-state index in [9.17, 15) is 9.59 Å². The number of halogens is 2. The van der Waals surface area contributed by atoms with Gasteiger partial charge in [-0.1, -0.05) is 23.2 Å². The van der Waals surface area contributed by atoms with E-state index in [1.54, 1.807) is 0 Å². The van der Waals surface area contributed by atoms with Gasteiger partial charge in [0.25, 0.3) is 5.91 Å². The molecule has 1 atom stereocenters. The molecule has 2 rings (SSSR count). The van der Waals surface area contributed by atoms with Gasteiger partial charge in [-0.05, 0) is 25.1 Å². The average molecular weight is 470 g/mol. The lowest BCUT2D eigenvalue weighted by Gasteiger charge is -2.15. The molecular formula is C20H21Cl2N3O6. The molecule has 0 aliphatic heterocycles. The highest BCUT2D eigenvalue weighted by Crippen LogP contribution is 2.42. The number of nitrogens with zero attached hydrogens (tertiary/aromatic N) is 2. The quantitative estimate of drug-likeness (QED) is 0.420. The van der Waals surface area contributed by atoms with Gasteiger partial charge in [-0.3, -0.25) is 9.59 Å². The number of hydrogen-bond acceptors (Lipinski definition) is 8. The fourth-order valence-corrected chi connectivity index (χ4v) is 3.06. The van der Waals surface area contributed by atoms with E-state index in [-0.39, 0.29) is 33.6 Å². The van der Waals surface area contributed by atoms with Crippen LogP contribution >= 0.6 is 23.2 Å². The fourth-order valence-electron chi connectivity index (χ4n) is 2.59. The Kier molecular flexibility index (Phi) is 8.47. The maximum absolute atomic E-state index is 12.7. The highest BCUT2D eigenvalue weighted by Gasteiger charge is 2.25. The van der Waals surface area contributed by atoms with Gasteiger partial charge in [0.15, 0.2) is 17.3 Å². The number of ether oxygens (including phenoxy) is 4. The molecule has 2 aromatic rings. The Morgan fingerprint density at radius 1 is 0.903 bits per heavy atom. The van der Waals surface area contributed by atoms with Crippen molar-refractivity contribution in [2.24, 2.45) is 10.2 Å².